The first-order valence-electron chi connectivity index (χ1n) is 9.72. The van der Waals surface area contributed by atoms with Crippen LogP contribution in [0, 0.1) is 5.82 Å². The SMILES string of the molecule is CC(=O)C1=C(c2ccc(F)cc2)c2ccc(NC(=O)OC(C)(C)C)cc2OC1(C)C. The molecule has 0 spiro atoms. The van der Waals surface area contributed by atoms with Crippen molar-refractivity contribution in [2.75, 3.05) is 5.32 Å². The maximum atomic E-state index is 13.5. The van der Waals surface area contributed by atoms with Gasteiger partial charge in [0.05, 0.1) is 0 Å². The smallest absolute Gasteiger partial charge is 0.412 e. The van der Waals surface area contributed by atoms with Crippen molar-refractivity contribution in [3.63, 3.8) is 0 Å². The van der Waals surface area contributed by atoms with Gasteiger partial charge in [-0.15, -0.1) is 0 Å². The van der Waals surface area contributed by atoms with Crippen LogP contribution in [0.25, 0.3) is 5.57 Å². The number of ketones is 1. The minimum Gasteiger partial charge on any atom is -0.482 e. The van der Waals surface area contributed by atoms with Crippen molar-refractivity contribution in [2.45, 2.75) is 52.7 Å². The molecule has 0 atom stereocenters. The Morgan fingerprint density at radius 3 is 2.27 bits per heavy atom. The van der Waals surface area contributed by atoms with Gasteiger partial charge in [0.25, 0.3) is 0 Å². The maximum absolute atomic E-state index is 13.5. The molecule has 2 aromatic rings. The van der Waals surface area contributed by atoms with Crippen LogP contribution >= 0.6 is 0 Å². The molecule has 0 radical (unpaired) electrons. The van der Waals surface area contributed by atoms with E-state index in [0.717, 1.165) is 0 Å². The van der Waals surface area contributed by atoms with E-state index in [9.17, 15) is 14.0 Å². The van der Waals surface area contributed by atoms with E-state index in [1.165, 1.54) is 19.1 Å². The average Bonchev–Trinajstić information content (AvgIpc) is 2.58. The third-order valence-corrected chi connectivity index (χ3v) is 4.60. The van der Waals surface area contributed by atoms with E-state index in [0.29, 0.717) is 33.7 Å². The van der Waals surface area contributed by atoms with Crippen molar-refractivity contribution < 1.29 is 23.5 Å². The number of carbonyl (C=O) groups is 2. The lowest BCUT2D eigenvalue weighted by molar-refractivity contribution is -0.115. The number of halogens is 1. The zero-order valence-electron chi connectivity index (χ0n) is 18.1. The van der Waals surface area contributed by atoms with Crippen molar-refractivity contribution in [3.05, 3.63) is 65.0 Å². The lowest BCUT2D eigenvalue weighted by atomic mass is 9.81. The fourth-order valence-corrected chi connectivity index (χ4v) is 3.59. The number of anilines is 1. The summed E-state index contributed by atoms with van der Waals surface area (Å²) in [7, 11) is 0. The minimum atomic E-state index is -0.910. The van der Waals surface area contributed by atoms with Crippen LogP contribution in [0.3, 0.4) is 0 Å². The molecular formula is C24H26FNO4. The molecule has 1 aliphatic rings. The lowest BCUT2D eigenvalue weighted by Gasteiger charge is -2.36. The standard InChI is InChI=1S/C24H26FNO4/c1-14(27)21-20(15-7-9-16(25)10-8-15)18-12-11-17(13-19(18)29-24(21,5)6)26-22(28)30-23(2,3)4/h7-13H,1-6H3,(H,26,28). The number of carbonyl (C=O) groups excluding carboxylic acids is 2. The van der Waals surface area contributed by atoms with E-state index in [-0.39, 0.29) is 11.6 Å². The number of nitrogens with one attached hydrogen (secondary N) is 1. The fraction of sp³-hybridized carbons (Fsp3) is 0.333. The Bertz CT molecular complexity index is 1030. The number of ether oxygens (including phenoxy) is 2. The molecule has 0 unspecified atom stereocenters. The molecule has 0 fully saturated rings. The Balaban J connectivity index is 2.09. The van der Waals surface area contributed by atoms with Crippen LogP contribution in [0.2, 0.25) is 0 Å². The molecule has 2 aromatic carbocycles. The first-order chi connectivity index (χ1) is 13.9. The molecule has 5 nitrogen and oxygen atoms in total. The molecule has 1 amide bonds. The topological polar surface area (TPSA) is 64.6 Å². The number of hydrogen-bond donors (Lipinski definition) is 1. The summed E-state index contributed by atoms with van der Waals surface area (Å²) in [5.41, 5.74) is 1.59. The summed E-state index contributed by atoms with van der Waals surface area (Å²) < 4.78 is 24.9. The molecule has 158 valence electrons. The Morgan fingerprint density at radius 2 is 1.70 bits per heavy atom. The molecule has 1 N–H and O–H groups in total. The lowest BCUT2D eigenvalue weighted by Crippen LogP contribution is -2.38. The largest absolute Gasteiger partial charge is 0.482 e. The average molecular weight is 411 g/mol. The Labute approximate surface area is 175 Å². The van der Waals surface area contributed by atoms with Gasteiger partial charge in [-0.2, -0.15) is 0 Å². The van der Waals surface area contributed by atoms with Crippen LogP contribution < -0.4 is 10.1 Å². The van der Waals surface area contributed by atoms with E-state index in [1.807, 2.05) is 13.8 Å². The van der Waals surface area contributed by atoms with Crippen LogP contribution in [0.5, 0.6) is 5.75 Å². The number of benzene rings is 2. The quantitative estimate of drug-likeness (QED) is 0.700. The van der Waals surface area contributed by atoms with Gasteiger partial charge in [-0.3, -0.25) is 10.1 Å². The second-order valence-corrected chi connectivity index (χ2v) is 8.76. The predicted octanol–water partition coefficient (Wildman–Crippen LogP) is 5.73. The van der Waals surface area contributed by atoms with E-state index < -0.39 is 17.3 Å². The number of rotatable bonds is 3. The normalized spacial score (nSPS) is 15.2. The number of amides is 1. The van der Waals surface area contributed by atoms with Crippen molar-refractivity contribution >= 4 is 23.1 Å². The van der Waals surface area contributed by atoms with E-state index >= 15 is 0 Å². The number of hydrogen-bond acceptors (Lipinski definition) is 4. The molecule has 0 bridgehead atoms. The van der Waals surface area contributed by atoms with Gasteiger partial charge in [-0.1, -0.05) is 12.1 Å². The Hall–Kier alpha value is -3.15. The van der Waals surface area contributed by atoms with Crippen molar-refractivity contribution in [2.24, 2.45) is 0 Å². The summed E-state index contributed by atoms with van der Waals surface area (Å²) in [6, 6.07) is 11.2. The molecule has 1 heterocycles. The Kier molecular flexibility index (Phi) is 5.46. The zero-order valence-corrected chi connectivity index (χ0v) is 18.1. The summed E-state index contributed by atoms with van der Waals surface area (Å²) in [5.74, 6) is 0.0333. The van der Waals surface area contributed by atoms with E-state index in [1.54, 1.807) is 51.1 Å². The van der Waals surface area contributed by atoms with Gasteiger partial charge >= 0.3 is 6.09 Å². The van der Waals surface area contributed by atoms with Crippen LogP contribution in [-0.4, -0.2) is 23.1 Å². The van der Waals surface area contributed by atoms with Crippen LogP contribution in [0.15, 0.2) is 48.0 Å². The molecule has 6 heteroatoms. The van der Waals surface area contributed by atoms with Gasteiger partial charge in [0, 0.05) is 28.5 Å². The Morgan fingerprint density at radius 1 is 1.07 bits per heavy atom. The molecule has 0 aromatic heterocycles. The highest BCUT2D eigenvalue weighted by Gasteiger charge is 2.38. The molecule has 0 saturated heterocycles. The van der Waals surface area contributed by atoms with Crippen molar-refractivity contribution in [1.29, 1.82) is 0 Å². The van der Waals surface area contributed by atoms with Gasteiger partial charge in [-0.05, 0) is 71.4 Å². The molecule has 30 heavy (non-hydrogen) atoms. The monoisotopic (exact) mass is 411 g/mol. The van der Waals surface area contributed by atoms with Crippen LogP contribution in [0.4, 0.5) is 14.9 Å². The summed E-state index contributed by atoms with van der Waals surface area (Å²) in [6.07, 6.45) is -0.573. The third kappa shape index (κ3) is 4.53. The first kappa shape index (κ1) is 21.6. The number of Topliss-reactive ketones (excluding diaryl/α,β-unsaturated/α-hetero) is 1. The maximum Gasteiger partial charge on any atom is 0.412 e. The summed E-state index contributed by atoms with van der Waals surface area (Å²) in [4.78, 5) is 24.7. The first-order valence-corrected chi connectivity index (χ1v) is 9.72. The van der Waals surface area contributed by atoms with Crippen molar-refractivity contribution in [3.8, 4) is 5.75 Å². The third-order valence-electron chi connectivity index (χ3n) is 4.60. The fourth-order valence-electron chi connectivity index (χ4n) is 3.59. The molecular weight excluding hydrogens is 385 g/mol. The molecule has 0 aliphatic carbocycles. The van der Waals surface area contributed by atoms with Gasteiger partial charge in [0.15, 0.2) is 5.78 Å². The van der Waals surface area contributed by atoms with Gasteiger partial charge in [-0.25, -0.2) is 9.18 Å². The minimum absolute atomic E-state index is 0.124. The molecule has 0 saturated carbocycles. The van der Waals surface area contributed by atoms with Gasteiger partial charge in [0.2, 0.25) is 0 Å². The zero-order chi connectivity index (χ0) is 22.3. The summed E-state index contributed by atoms with van der Waals surface area (Å²) >= 11 is 0. The second kappa shape index (κ2) is 7.59. The van der Waals surface area contributed by atoms with E-state index in [2.05, 4.69) is 5.32 Å². The van der Waals surface area contributed by atoms with Crippen LogP contribution in [-0.2, 0) is 9.53 Å². The van der Waals surface area contributed by atoms with Gasteiger partial charge < -0.3 is 9.47 Å². The highest BCUT2D eigenvalue weighted by Crippen LogP contribution is 2.45. The summed E-state index contributed by atoms with van der Waals surface area (Å²) in [6.45, 7) is 10.5. The van der Waals surface area contributed by atoms with Crippen LogP contribution in [0.1, 0.15) is 52.7 Å². The highest BCUT2D eigenvalue weighted by atomic mass is 19.1. The molecule has 1 aliphatic heterocycles. The van der Waals surface area contributed by atoms with Crippen molar-refractivity contribution in [1.82, 2.24) is 0 Å². The van der Waals surface area contributed by atoms with Gasteiger partial charge in [0.1, 0.15) is 22.8 Å². The van der Waals surface area contributed by atoms with E-state index in [4.69, 9.17) is 9.47 Å². The second-order valence-electron chi connectivity index (χ2n) is 8.76. The summed E-state index contributed by atoms with van der Waals surface area (Å²) in [5, 5.41) is 2.70. The number of fused-ring (bicyclic) bond motifs is 1. The highest BCUT2D eigenvalue weighted by molar-refractivity contribution is 6.08. The predicted molar refractivity (Wildman–Crippen MR) is 114 cm³/mol. The molecule has 3 rings (SSSR count).